The molecule has 1 aromatic carbocycles. The zero-order valence-electron chi connectivity index (χ0n) is 10.2. The van der Waals surface area contributed by atoms with Gasteiger partial charge in [-0.15, -0.1) is 11.3 Å². The van der Waals surface area contributed by atoms with Crippen molar-refractivity contribution < 1.29 is 12.8 Å². The molecule has 1 N–H and O–H groups in total. The number of nitrogens with zero attached hydrogens (tertiary/aromatic N) is 1. The Morgan fingerprint density at radius 2 is 1.90 bits per heavy atom. The largest absolute Gasteiger partial charge is 0.463 e. The van der Waals surface area contributed by atoms with Crippen molar-refractivity contribution in [1.82, 2.24) is 4.98 Å². The zero-order chi connectivity index (χ0) is 14.0. The highest BCUT2D eigenvalue weighted by Crippen LogP contribution is 2.26. The molecule has 0 fully saturated rings. The second kappa shape index (κ2) is 5.10. The van der Waals surface area contributed by atoms with E-state index >= 15 is 0 Å². The molecule has 0 bridgehead atoms. The van der Waals surface area contributed by atoms with Crippen LogP contribution in [0.4, 0.5) is 5.13 Å². The fourth-order valence-corrected chi connectivity index (χ4v) is 3.61. The summed E-state index contributed by atoms with van der Waals surface area (Å²) in [6, 6.07) is 11.7. The summed E-state index contributed by atoms with van der Waals surface area (Å²) in [4.78, 5) is 4.40. The highest BCUT2D eigenvalue weighted by molar-refractivity contribution is 7.93. The summed E-state index contributed by atoms with van der Waals surface area (Å²) in [5.41, 5.74) is 0.603. The lowest BCUT2D eigenvalue weighted by Gasteiger charge is -2.04. The fourth-order valence-electron chi connectivity index (χ4n) is 1.63. The van der Waals surface area contributed by atoms with E-state index < -0.39 is 10.0 Å². The number of thiazole rings is 1. The van der Waals surface area contributed by atoms with E-state index in [1.54, 1.807) is 42.0 Å². The molecule has 0 atom stereocenters. The first-order valence-corrected chi connectivity index (χ1v) is 8.09. The molecular weight excluding hydrogens is 296 g/mol. The molecule has 20 heavy (non-hydrogen) atoms. The number of rotatable bonds is 4. The molecule has 0 amide bonds. The second-order valence-corrected chi connectivity index (χ2v) is 6.47. The van der Waals surface area contributed by atoms with Gasteiger partial charge in [0.2, 0.25) is 0 Å². The average molecular weight is 306 g/mol. The summed E-state index contributed by atoms with van der Waals surface area (Å²) in [6.07, 6.45) is 1.54. The summed E-state index contributed by atoms with van der Waals surface area (Å²) >= 11 is 1.21. The lowest BCUT2D eigenvalue weighted by molar-refractivity contribution is 0.580. The van der Waals surface area contributed by atoms with Gasteiger partial charge in [-0.25, -0.2) is 13.4 Å². The minimum absolute atomic E-state index is 0.203. The van der Waals surface area contributed by atoms with Gasteiger partial charge in [-0.3, -0.25) is 4.72 Å². The van der Waals surface area contributed by atoms with Crippen LogP contribution in [0.1, 0.15) is 0 Å². The van der Waals surface area contributed by atoms with Crippen LogP contribution >= 0.6 is 11.3 Å². The lowest BCUT2D eigenvalue weighted by Crippen LogP contribution is -2.12. The summed E-state index contributed by atoms with van der Waals surface area (Å²) in [5, 5.41) is 2.04. The summed E-state index contributed by atoms with van der Waals surface area (Å²) in [7, 11) is -3.60. The van der Waals surface area contributed by atoms with Crippen LogP contribution in [0.2, 0.25) is 0 Å². The zero-order valence-corrected chi connectivity index (χ0v) is 11.8. The van der Waals surface area contributed by atoms with Crippen molar-refractivity contribution >= 4 is 26.5 Å². The molecule has 0 spiro atoms. The predicted molar refractivity (Wildman–Crippen MR) is 77.1 cm³/mol. The van der Waals surface area contributed by atoms with Crippen molar-refractivity contribution in [3.8, 4) is 11.5 Å². The third-order valence-electron chi connectivity index (χ3n) is 2.55. The predicted octanol–water partition coefficient (Wildman–Crippen LogP) is 3.20. The molecule has 3 aromatic rings. The molecule has 0 radical (unpaired) electrons. The first kappa shape index (κ1) is 12.9. The number of nitrogens with one attached hydrogen (secondary N) is 1. The van der Waals surface area contributed by atoms with Crippen molar-refractivity contribution in [3.05, 3.63) is 54.1 Å². The Labute approximate surface area is 120 Å². The van der Waals surface area contributed by atoms with Crippen molar-refractivity contribution in [1.29, 1.82) is 0 Å². The van der Waals surface area contributed by atoms with Crippen LogP contribution < -0.4 is 4.72 Å². The monoisotopic (exact) mass is 306 g/mol. The second-order valence-electron chi connectivity index (χ2n) is 3.93. The Kier molecular flexibility index (Phi) is 3.29. The first-order valence-electron chi connectivity index (χ1n) is 5.72. The topological polar surface area (TPSA) is 72.2 Å². The minimum Gasteiger partial charge on any atom is -0.463 e. The van der Waals surface area contributed by atoms with Crippen LogP contribution in [0.15, 0.2) is 63.4 Å². The minimum atomic E-state index is -3.60. The number of aromatic nitrogens is 1. The molecule has 0 saturated heterocycles. The van der Waals surface area contributed by atoms with Gasteiger partial charge in [0.05, 0.1) is 11.2 Å². The van der Waals surface area contributed by atoms with Crippen molar-refractivity contribution in [2.75, 3.05) is 4.72 Å². The number of benzene rings is 1. The van der Waals surface area contributed by atoms with Crippen LogP contribution in [0.3, 0.4) is 0 Å². The quantitative estimate of drug-likeness (QED) is 0.803. The standard InChI is InChI=1S/C13H10N2O3S2/c16-20(17,10-5-2-1-3-6-10)15-13-14-11(9-19-13)12-7-4-8-18-12/h1-9H,(H,14,15). The molecule has 0 aliphatic rings. The van der Waals surface area contributed by atoms with Crippen LogP contribution in [0.25, 0.3) is 11.5 Å². The first-order chi connectivity index (χ1) is 9.65. The molecule has 0 saturated carbocycles. The van der Waals surface area contributed by atoms with Gasteiger partial charge in [0.25, 0.3) is 10.0 Å². The third kappa shape index (κ3) is 2.59. The van der Waals surface area contributed by atoms with E-state index in [9.17, 15) is 8.42 Å². The Bertz CT molecular complexity index is 793. The van der Waals surface area contributed by atoms with Crippen LogP contribution in [0.5, 0.6) is 0 Å². The van der Waals surface area contributed by atoms with E-state index in [0.717, 1.165) is 0 Å². The van der Waals surface area contributed by atoms with E-state index in [1.807, 2.05) is 0 Å². The molecule has 2 aromatic heterocycles. The Morgan fingerprint density at radius 3 is 2.60 bits per heavy atom. The Balaban J connectivity index is 1.85. The SMILES string of the molecule is O=S(=O)(Nc1nc(-c2ccco2)cs1)c1ccccc1. The van der Waals surface area contributed by atoms with Gasteiger partial charge < -0.3 is 4.42 Å². The maximum atomic E-state index is 12.1. The highest BCUT2D eigenvalue weighted by atomic mass is 32.2. The van der Waals surface area contributed by atoms with Crippen molar-refractivity contribution in [2.45, 2.75) is 4.90 Å². The molecule has 5 nitrogen and oxygen atoms in total. The van der Waals surface area contributed by atoms with Crippen molar-refractivity contribution in [2.24, 2.45) is 0 Å². The maximum Gasteiger partial charge on any atom is 0.263 e. The number of furan rings is 1. The van der Waals surface area contributed by atoms with Gasteiger partial charge in [0, 0.05) is 5.38 Å². The Morgan fingerprint density at radius 1 is 1.10 bits per heavy atom. The maximum absolute atomic E-state index is 12.1. The fraction of sp³-hybridized carbons (Fsp3) is 0. The van der Waals surface area contributed by atoms with Gasteiger partial charge in [-0.2, -0.15) is 0 Å². The van der Waals surface area contributed by atoms with E-state index in [0.29, 0.717) is 16.6 Å². The molecule has 3 rings (SSSR count). The van der Waals surface area contributed by atoms with Crippen LogP contribution in [-0.4, -0.2) is 13.4 Å². The lowest BCUT2D eigenvalue weighted by atomic mass is 10.4. The number of hydrogen-bond acceptors (Lipinski definition) is 5. The molecule has 102 valence electrons. The van der Waals surface area contributed by atoms with Crippen LogP contribution in [0, 0.1) is 0 Å². The van der Waals surface area contributed by atoms with Gasteiger partial charge in [0.1, 0.15) is 5.69 Å². The molecular formula is C13H10N2O3S2. The Hall–Kier alpha value is -2.12. The molecule has 0 aliphatic heterocycles. The summed E-state index contributed by atoms with van der Waals surface area (Å²) < 4.78 is 31.9. The molecule has 2 heterocycles. The molecule has 0 unspecified atom stereocenters. The van der Waals surface area contributed by atoms with Crippen molar-refractivity contribution in [3.63, 3.8) is 0 Å². The van der Waals surface area contributed by atoms with Gasteiger partial charge >= 0.3 is 0 Å². The third-order valence-corrected chi connectivity index (χ3v) is 4.79. The van der Waals surface area contributed by atoms with E-state index in [1.165, 1.54) is 23.5 Å². The average Bonchev–Trinajstić information content (AvgIpc) is 3.10. The van der Waals surface area contributed by atoms with Gasteiger partial charge in [0.15, 0.2) is 10.9 Å². The van der Waals surface area contributed by atoms with E-state index in [2.05, 4.69) is 9.71 Å². The summed E-state index contributed by atoms with van der Waals surface area (Å²) in [5.74, 6) is 0.603. The normalized spacial score (nSPS) is 11.4. The molecule has 0 aliphatic carbocycles. The number of sulfonamides is 1. The van der Waals surface area contributed by atoms with E-state index in [4.69, 9.17) is 4.42 Å². The smallest absolute Gasteiger partial charge is 0.263 e. The van der Waals surface area contributed by atoms with Crippen LogP contribution in [-0.2, 0) is 10.0 Å². The number of hydrogen-bond donors (Lipinski definition) is 1. The number of anilines is 1. The molecule has 7 heteroatoms. The summed E-state index contributed by atoms with van der Waals surface area (Å²) in [6.45, 7) is 0. The van der Waals surface area contributed by atoms with E-state index in [-0.39, 0.29) is 4.90 Å². The highest BCUT2D eigenvalue weighted by Gasteiger charge is 2.16. The van der Waals surface area contributed by atoms with Gasteiger partial charge in [-0.1, -0.05) is 18.2 Å². The van der Waals surface area contributed by atoms with Gasteiger partial charge in [-0.05, 0) is 24.3 Å².